The third-order valence-electron chi connectivity index (χ3n) is 4.58. The van der Waals surface area contributed by atoms with Gasteiger partial charge < -0.3 is 4.74 Å². The standard InChI is InChI=1S/C22H21NO4S/c1-16-9-7-14-21(17(16)2)23(28(25,26)20-12-5-4-6-13-20)22(24)18-10-8-11-19(15-18)27-3/h4-15H,1-3H3. The van der Waals surface area contributed by atoms with Gasteiger partial charge in [0.2, 0.25) is 0 Å². The van der Waals surface area contributed by atoms with E-state index in [1.165, 1.54) is 25.3 Å². The van der Waals surface area contributed by atoms with Crippen molar-refractivity contribution in [3.8, 4) is 5.75 Å². The number of aryl methyl sites for hydroxylation is 1. The van der Waals surface area contributed by atoms with Crippen LogP contribution in [0.15, 0.2) is 77.7 Å². The second-order valence-corrected chi connectivity index (χ2v) is 8.13. The van der Waals surface area contributed by atoms with Gasteiger partial charge in [0.1, 0.15) is 5.75 Å². The number of nitrogens with zero attached hydrogens (tertiary/aromatic N) is 1. The van der Waals surface area contributed by atoms with Crippen LogP contribution in [0.5, 0.6) is 5.75 Å². The number of sulfonamides is 1. The maximum atomic E-state index is 13.4. The molecule has 28 heavy (non-hydrogen) atoms. The van der Waals surface area contributed by atoms with Gasteiger partial charge in [0.05, 0.1) is 17.7 Å². The topological polar surface area (TPSA) is 63.7 Å². The van der Waals surface area contributed by atoms with E-state index < -0.39 is 15.9 Å². The summed E-state index contributed by atoms with van der Waals surface area (Å²) < 4.78 is 32.9. The minimum Gasteiger partial charge on any atom is -0.497 e. The Labute approximate surface area is 165 Å². The van der Waals surface area contributed by atoms with Crippen LogP contribution < -0.4 is 9.04 Å². The SMILES string of the molecule is COc1cccc(C(=O)N(c2cccc(C)c2C)S(=O)(=O)c2ccccc2)c1. The van der Waals surface area contributed by atoms with Gasteiger partial charge in [-0.2, -0.15) is 4.31 Å². The van der Waals surface area contributed by atoms with Crippen molar-refractivity contribution in [3.05, 3.63) is 89.5 Å². The Morgan fingerprint density at radius 1 is 0.893 bits per heavy atom. The van der Waals surface area contributed by atoms with Crippen molar-refractivity contribution in [1.82, 2.24) is 0 Å². The molecular formula is C22H21NO4S. The van der Waals surface area contributed by atoms with E-state index in [1.807, 2.05) is 13.0 Å². The lowest BCUT2D eigenvalue weighted by molar-refractivity contribution is 0.100. The van der Waals surface area contributed by atoms with Crippen LogP contribution in [0.25, 0.3) is 0 Å². The van der Waals surface area contributed by atoms with Crippen molar-refractivity contribution in [2.24, 2.45) is 0 Å². The van der Waals surface area contributed by atoms with Gasteiger partial charge >= 0.3 is 0 Å². The number of hydrogen-bond donors (Lipinski definition) is 0. The largest absolute Gasteiger partial charge is 0.497 e. The molecule has 0 fully saturated rings. The summed E-state index contributed by atoms with van der Waals surface area (Å²) in [5, 5.41) is 0. The molecule has 0 aliphatic carbocycles. The van der Waals surface area contributed by atoms with Crippen molar-refractivity contribution < 1.29 is 17.9 Å². The summed E-state index contributed by atoms with van der Waals surface area (Å²) in [7, 11) is -2.62. The van der Waals surface area contributed by atoms with Gasteiger partial charge in [0.15, 0.2) is 0 Å². The molecule has 0 saturated carbocycles. The van der Waals surface area contributed by atoms with E-state index in [0.717, 1.165) is 15.4 Å². The summed E-state index contributed by atoms with van der Waals surface area (Å²) in [4.78, 5) is 13.4. The van der Waals surface area contributed by atoms with Crippen LogP contribution in [0.2, 0.25) is 0 Å². The summed E-state index contributed by atoms with van der Waals surface area (Å²) in [6.07, 6.45) is 0. The molecular weight excluding hydrogens is 374 g/mol. The Morgan fingerprint density at radius 2 is 1.57 bits per heavy atom. The number of benzene rings is 3. The molecule has 0 aliphatic heterocycles. The Balaban J connectivity index is 2.23. The van der Waals surface area contributed by atoms with E-state index in [4.69, 9.17) is 4.74 Å². The normalized spacial score (nSPS) is 11.1. The molecule has 5 nitrogen and oxygen atoms in total. The van der Waals surface area contributed by atoms with E-state index in [0.29, 0.717) is 11.4 Å². The number of hydrogen-bond acceptors (Lipinski definition) is 4. The van der Waals surface area contributed by atoms with Crippen LogP contribution in [0.3, 0.4) is 0 Å². The van der Waals surface area contributed by atoms with Crippen molar-refractivity contribution in [2.75, 3.05) is 11.4 Å². The highest BCUT2D eigenvalue weighted by atomic mass is 32.2. The van der Waals surface area contributed by atoms with E-state index in [1.54, 1.807) is 55.5 Å². The molecule has 0 radical (unpaired) electrons. The summed E-state index contributed by atoms with van der Waals surface area (Å²) in [6.45, 7) is 3.68. The summed E-state index contributed by atoms with van der Waals surface area (Å²) in [6, 6.07) is 19.7. The first-order valence-electron chi connectivity index (χ1n) is 8.71. The predicted octanol–water partition coefficient (Wildman–Crippen LogP) is 4.35. The first-order chi connectivity index (χ1) is 13.4. The highest BCUT2D eigenvalue weighted by Gasteiger charge is 2.33. The monoisotopic (exact) mass is 395 g/mol. The molecule has 0 bridgehead atoms. The van der Waals surface area contributed by atoms with Gasteiger partial charge in [0, 0.05) is 5.56 Å². The summed E-state index contributed by atoms with van der Waals surface area (Å²) in [5.74, 6) is -0.166. The van der Waals surface area contributed by atoms with Crippen LogP contribution in [-0.2, 0) is 10.0 Å². The Hall–Kier alpha value is -3.12. The van der Waals surface area contributed by atoms with E-state index in [9.17, 15) is 13.2 Å². The van der Waals surface area contributed by atoms with Crippen molar-refractivity contribution in [1.29, 1.82) is 0 Å². The zero-order valence-electron chi connectivity index (χ0n) is 15.9. The van der Waals surface area contributed by atoms with E-state index >= 15 is 0 Å². The van der Waals surface area contributed by atoms with E-state index in [-0.39, 0.29) is 10.5 Å². The highest BCUT2D eigenvalue weighted by Crippen LogP contribution is 2.30. The van der Waals surface area contributed by atoms with Crippen molar-refractivity contribution in [2.45, 2.75) is 18.7 Å². The molecule has 3 aromatic carbocycles. The Morgan fingerprint density at radius 3 is 2.25 bits per heavy atom. The molecule has 144 valence electrons. The molecule has 0 aliphatic rings. The van der Waals surface area contributed by atoms with Crippen LogP contribution in [0.4, 0.5) is 5.69 Å². The molecule has 0 unspecified atom stereocenters. The average molecular weight is 395 g/mol. The van der Waals surface area contributed by atoms with Crippen LogP contribution in [0.1, 0.15) is 21.5 Å². The van der Waals surface area contributed by atoms with Gasteiger partial charge in [0.25, 0.3) is 15.9 Å². The molecule has 0 aromatic heterocycles. The molecule has 6 heteroatoms. The lowest BCUT2D eigenvalue weighted by Crippen LogP contribution is -2.37. The molecule has 3 aromatic rings. The predicted molar refractivity (Wildman–Crippen MR) is 109 cm³/mol. The molecule has 0 N–H and O–H groups in total. The van der Waals surface area contributed by atoms with Crippen molar-refractivity contribution >= 4 is 21.6 Å². The second kappa shape index (κ2) is 7.86. The number of carbonyl (C=O) groups is 1. The van der Waals surface area contributed by atoms with Crippen LogP contribution >= 0.6 is 0 Å². The van der Waals surface area contributed by atoms with Crippen LogP contribution in [-0.4, -0.2) is 21.4 Å². The van der Waals surface area contributed by atoms with E-state index in [2.05, 4.69) is 0 Å². The molecule has 3 rings (SSSR count). The highest BCUT2D eigenvalue weighted by molar-refractivity contribution is 7.93. The first kappa shape index (κ1) is 19.6. The number of anilines is 1. The molecule has 0 spiro atoms. The van der Waals surface area contributed by atoms with Gasteiger partial charge in [-0.25, -0.2) is 8.42 Å². The molecule has 1 amide bonds. The van der Waals surface area contributed by atoms with Gasteiger partial charge in [-0.15, -0.1) is 0 Å². The number of rotatable bonds is 5. The smallest absolute Gasteiger partial charge is 0.272 e. The average Bonchev–Trinajstić information content (AvgIpc) is 2.72. The lowest BCUT2D eigenvalue weighted by atomic mass is 10.1. The fraction of sp³-hybridized carbons (Fsp3) is 0.136. The fourth-order valence-corrected chi connectivity index (χ4v) is 4.37. The third-order valence-corrected chi connectivity index (χ3v) is 6.29. The van der Waals surface area contributed by atoms with Crippen molar-refractivity contribution in [3.63, 3.8) is 0 Å². The maximum Gasteiger partial charge on any atom is 0.272 e. The first-order valence-corrected chi connectivity index (χ1v) is 10.1. The van der Waals surface area contributed by atoms with Gasteiger partial charge in [-0.3, -0.25) is 4.79 Å². The minimum atomic E-state index is -4.12. The number of methoxy groups -OCH3 is 1. The molecule has 0 saturated heterocycles. The third kappa shape index (κ3) is 3.64. The molecule has 0 heterocycles. The number of carbonyl (C=O) groups excluding carboxylic acids is 1. The number of amides is 1. The second-order valence-electron chi connectivity index (χ2n) is 6.34. The van der Waals surface area contributed by atoms with Crippen LogP contribution in [0, 0.1) is 13.8 Å². The lowest BCUT2D eigenvalue weighted by Gasteiger charge is -2.25. The Kier molecular flexibility index (Phi) is 5.51. The summed E-state index contributed by atoms with van der Waals surface area (Å²) in [5.41, 5.74) is 2.17. The van der Waals surface area contributed by atoms with Gasteiger partial charge in [-0.1, -0.05) is 36.4 Å². The Bertz CT molecular complexity index is 1110. The number of ether oxygens (including phenoxy) is 1. The molecule has 0 atom stereocenters. The zero-order valence-corrected chi connectivity index (χ0v) is 16.7. The minimum absolute atomic E-state index is 0.0483. The van der Waals surface area contributed by atoms with Gasteiger partial charge in [-0.05, 0) is 61.4 Å². The maximum absolute atomic E-state index is 13.4. The zero-order chi connectivity index (χ0) is 20.3. The fourth-order valence-electron chi connectivity index (χ4n) is 2.87. The summed E-state index contributed by atoms with van der Waals surface area (Å²) >= 11 is 0. The quantitative estimate of drug-likeness (QED) is 0.644.